The average Bonchev–Trinajstić information content (AvgIpc) is 2.40. The number of carbonyl (C=O) groups excluding carboxylic acids is 1. The van der Waals surface area contributed by atoms with Crippen molar-refractivity contribution in [3.05, 3.63) is 34.9 Å². The highest BCUT2D eigenvalue weighted by atomic mass is 35.5. The number of benzene rings is 1. The van der Waals surface area contributed by atoms with Gasteiger partial charge in [0.1, 0.15) is 0 Å². The van der Waals surface area contributed by atoms with Crippen LogP contribution in [-0.2, 0) is 16.1 Å². The molecule has 4 nitrogen and oxygen atoms in total. The van der Waals surface area contributed by atoms with Crippen LogP contribution in [0.25, 0.3) is 0 Å². The lowest BCUT2D eigenvalue weighted by molar-refractivity contribution is -0.132. The fourth-order valence-corrected chi connectivity index (χ4v) is 2.01. The van der Waals surface area contributed by atoms with Crippen LogP contribution in [0.4, 0.5) is 0 Å². The second-order valence-electron chi connectivity index (χ2n) is 4.53. The molecule has 0 aliphatic heterocycles. The topological polar surface area (TPSA) is 55.6 Å². The number of halogens is 1. The van der Waals surface area contributed by atoms with Crippen LogP contribution >= 0.6 is 11.6 Å². The van der Waals surface area contributed by atoms with Gasteiger partial charge in [0, 0.05) is 32.3 Å². The first-order valence-corrected chi connectivity index (χ1v) is 6.67. The number of nitrogens with two attached hydrogens (primary N) is 1. The van der Waals surface area contributed by atoms with E-state index < -0.39 is 6.04 Å². The van der Waals surface area contributed by atoms with Gasteiger partial charge >= 0.3 is 0 Å². The fraction of sp³-hybridized carbons (Fsp3) is 0.500. The van der Waals surface area contributed by atoms with Crippen LogP contribution in [0.15, 0.2) is 24.3 Å². The number of carbonyl (C=O) groups is 1. The third-order valence-electron chi connectivity index (χ3n) is 2.92. The van der Waals surface area contributed by atoms with Gasteiger partial charge in [-0.05, 0) is 24.5 Å². The molecule has 106 valence electrons. The molecule has 0 aliphatic carbocycles. The predicted molar refractivity (Wildman–Crippen MR) is 77.0 cm³/mol. The molecule has 5 heteroatoms. The summed E-state index contributed by atoms with van der Waals surface area (Å²) in [6, 6.07) is 7.00. The number of likely N-dealkylation sites (N-methyl/N-ethyl adjacent to an activating group) is 1. The molecule has 0 saturated heterocycles. The summed E-state index contributed by atoms with van der Waals surface area (Å²) in [4.78, 5) is 13.7. The zero-order valence-electron chi connectivity index (χ0n) is 11.4. The summed E-state index contributed by atoms with van der Waals surface area (Å²) < 4.78 is 4.95. The van der Waals surface area contributed by atoms with Gasteiger partial charge < -0.3 is 15.4 Å². The van der Waals surface area contributed by atoms with Crippen molar-refractivity contribution in [1.29, 1.82) is 0 Å². The van der Waals surface area contributed by atoms with Gasteiger partial charge in [-0.25, -0.2) is 0 Å². The molecule has 1 aromatic carbocycles. The molecule has 0 saturated carbocycles. The van der Waals surface area contributed by atoms with Crippen molar-refractivity contribution in [1.82, 2.24) is 4.90 Å². The molecule has 0 aliphatic rings. The standard InChI is InChI=1S/C14H21ClN2O2/c1-17(10-11-6-3-4-7-12(11)15)14(18)13(16)8-5-9-19-2/h3-4,6-7,13H,5,8-10,16H2,1-2H3. The van der Waals surface area contributed by atoms with E-state index in [1.165, 1.54) is 0 Å². The Balaban J connectivity index is 2.50. The van der Waals surface area contributed by atoms with Gasteiger partial charge in [0.25, 0.3) is 0 Å². The average molecular weight is 285 g/mol. The zero-order valence-corrected chi connectivity index (χ0v) is 12.2. The van der Waals surface area contributed by atoms with Crippen molar-refractivity contribution < 1.29 is 9.53 Å². The van der Waals surface area contributed by atoms with E-state index in [0.29, 0.717) is 24.6 Å². The molecule has 1 rings (SSSR count). The summed E-state index contributed by atoms with van der Waals surface area (Å²) in [6.45, 7) is 1.09. The highest BCUT2D eigenvalue weighted by molar-refractivity contribution is 6.31. The van der Waals surface area contributed by atoms with Gasteiger partial charge in [-0.15, -0.1) is 0 Å². The second kappa shape index (κ2) is 8.15. The van der Waals surface area contributed by atoms with Crippen molar-refractivity contribution >= 4 is 17.5 Å². The van der Waals surface area contributed by atoms with E-state index >= 15 is 0 Å². The van der Waals surface area contributed by atoms with E-state index in [1.807, 2.05) is 24.3 Å². The first-order chi connectivity index (χ1) is 9.06. The predicted octanol–water partition coefficient (Wildman–Crippen LogP) is 2.05. The second-order valence-corrected chi connectivity index (χ2v) is 4.93. The van der Waals surface area contributed by atoms with E-state index in [1.54, 1.807) is 19.1 Å². The minimum absolute atomic E-state index is 0.0731. The van der Waals surface area contributed by atoms with Crippen molar-refractivity contribution in [3.63, 3.8) is 0 Å². The van der Waals surface area contributed by atoms with Crippen LogP contribution in [0.3, 0.4) is 0 Å². The van der Waals surface area contributed by atoms with Crippen LogP contribution in [0, 0.1) is 0 Å². The number of methoxy groups -OCH3 is 1. The van der Waals surface area contributed by atoms with Gasteiger partial charge in [-0.1, -0.05) is 29.8 Å². The summed E-state index contributed by atoms with van der Waals surface area (Å²) in [7, 11) is 3.37. The largest absolute Gasteiger partial charge is 0.385 e. The highest BCUT2D eigenvalue weighted by Crippen LogP contribution is 2.16. The van der Waals surface area contributed by atoms with Crippen molar-refractivity contribution in [2.24, 2.45) is 5.73 Å². The molecule has 1 atom stereocenters. The maximum absolute atomic E-state index is 12.1. The van der Waals surface area contributed by atoms with Crippen LogP contribution < -0.4 is 5.73 Å². The van der Waals surface area contributed by atoms with Gasteiger partial charge in [-0.3, -0.25) is 4.79 Å². The summed E-state index contributed by atoms with van der Waals surface area (Å²) in [5.74, 6) is -0.0731. The summed E-state index contributed by atoms with van der Waals surface area (Å²) in [5, 5.41) is 0.662. The lowest BCUT2D eigenvalue weighted by atomic mass is 10.1. The summed E-state index contributed by atoms with van der Waals surface area (Å²) in [5.41, 5.74) is 6.79. The summed E-state index contributed by atoms with van der Waals surface area (Å²) in [6.07, 6.45) is 1.41. The van der Waals surface area contributed by atoms with Crippen LogP contribution in [0.5, 0.6) is 0 Å². The molecule has 2 N–H and O–H groups in total. The Labute approximate surface area is 119 Å². The van der Waals surface area contributed by atoms with Crippen LogP contribution in [-0.4, -0.2) is 37.6 Å². The molecular weight excluding hydrogens is 264 g/mol. The first-order valence-electron chi connectivity index (χ1n) is 6.29. The Morgan fingerprint density at radius 1 is 1.47 bits per heavy atom. The molecule has 0 heterocycles. The van der Waals surface area contributed by atoms with E-state index in [0.717, 1.165) is 12.0 Å². The Bertz CT molecular complexity index is 412. The Morgan fingerprint density at radius 3 is 2.79 bits per heavy atom. The van der Waals surface area contributed by atoms with Crippen molar-refractivity contribution in [3.8, 4) is 0 Å². The summed E-state index contributed by atoms with van der Waals surface area (Å²) >= 11 is 6.07. The highest BCUT2D eigenvalue weighted by Gasteiger charge is 2.18. The Kier molecular flexibility index (Phi) is 6.84. The molecular formula is C14H21ClN2O2. The van der Waals surface area contributed by atoms with E-state index in [4.69, 9.17) is 22.1 Å². The zero-order chi connectivity index (χ0) is 14.3. The first kappa shape index (κ1) is 16.0. The maximum atomic E-state index is 12.1. The van der Waals surface area contributed by atoms with Gasteiger partial charge in [0.15, 0.2) is 0 Å². The lowest BCUT2D eigenvalue weighted by Crippen LogP contribution is -2.41. The third-order valence-corrected chi connectivity index (χ3v) is 3.29. The van der Waals surface area contributed by atoms with Gasteiger partial charge in [0.2, 0.25) is 5.91 Å². The normalized spacial score (nSPS) is 12.2. The Morgan fingerprint density at radius 2 is 2.16 bits per heavy atom. The smallest absolute Gasteiger partial charge is 0.239 e. The molecule has 0 aromatic heterocycles. The number of amides is 1. The van der Waals surface area contributed by atoms with Crippen molar-refractivity contribution in [2.45, 2.75) is 25.4 Å². The fourth-order valence-electron chi connectivity index (χ4n) is 1.81. The van der Waals surface area contributed by atoms with Crippen LogP contribution in [0.2, 0.25) is 5.02 Å². The number of nitrogens with zero attached hydrogens (tertiary/aromatic N) is 1. The van der Waals surface area contributed by atoms with E-state index in [2.05, 4.69) is 0 Å². The molecule has 0 spiro atoms. The molecule has 1 unspecified atom stereocenters. The third kappa shape index (κ3) is 5.19. The molecule has 1 aromatic rings. The number of hydrogen-bond donors (Lipinski definition) is 1. The molecule has 0 radical (unpaired) electrons. The lowest BCUT2D eigenvalue weighted by Gasteiger charge is -2.21. The number of rotatable bonds is 7. The van der Waals surface area contributed by atoms with E-state index in [-0.39, 0.29) is 5.91 Å². The minimum atomic E-state index is -0.484. The molecule has 19 heavy (non-hydrogen) atoms. The van der Waals surface area contributed by atoms with Gasteiger partial charge in [-0.2, -0.15) is 0 Å². The van der Waals surface area contributed by atoms with E-state index in [9.17, 15) is 4.79 Å². The maximum Gasteiger partial charge on any atom is 0.239 e. The van der Waals surface area contributed by atoms with Gasteiger partial charge in [0.05, 0.1) is 6.04 Å². The quantitative estimate of drug-likeness (QED) is 0.780. The van der Waals surface area contributed by atoms with Crippen LogP contribution in [0.1, 0.15) is 18.4 Å². The number of ether oxygens (including phenoxy) is 1. The Hall–Kier alpha value is -1.10. The molecule has 0 bridgehead atoms. The molecule has 1 amide bonds. The SMILES string of the molecule is COCCCC(N)C(=O)N(C)Cc1ccccc1Cl. The number of hydrogen-bond acceptors (Lipinski definition) is 3. The monoisotopic (exact) mass is 284 g/mol. The molecule has 0 fully saturated rings. The minimum Gasteiger partial charge on any atom is -0.385 e. The van der Waals surface area contributed by atoms with Crippen molar-refractivity contribution in [2.75, 3.05) is 20.8 Å².